The van der Waals surface area contributed by atoms with Crippen molar-refractivity contribution in [1.29, 1.82) is 0 Å². The number of nitrogens with zero attached hydrogens (tertiary/aromatic N) is 2. The zero-order valence-electron chi connectivity index (χ0n) is 10.5. The molecule has 3 aromatic rings. The highest BCUT2D eigenvalue weighted by atomic mass is 16.3. The first-order chi connectivity index (χ1) is 9.84. The van der Waals surface area contributed by atoms with Crippen molar-refractivity contribution in [2.45, 2.75) is 0 Å². The first-order valence-corrected chi connectivity index (χ1v) is 6.06. The molecule has 1 aromatic carbocycles. The van der Waals surface area contributed by atoms with E-state index in [4.69, 9.17) is 4.42 Å². The normalized spacial score (nSPS) is 10.2. The Hall–Kier alpha value is -2.95. The van der Waals surface area contributed by atoms with E-state index in [9.17, 15) is 4.79 Å². The van der Waals surface area contributed by atoms with Crippen LogP contribution in [0, 0.1) is 0 Å². The van der Waals surface area contributed by atoms with Crippen LogP contribution in [0.1, 0.15) is 10.6 Å². The third-order valence-corrected chi connectivity index (χ3v) is 2.73. The van der Waals surface area contributed by atoms with Crippen molar-refractivity contribution in [2.24, 2.45) is 0 Å². The molecule has 0 unspecified atom stereocenters. The average Bonchev–Trinajstić information content (AvgIpc) is 2.99. The molecule has 0 fully saturated rings. The van der Waals surface area contributed by atoms with E-state index in [0.29, 0.717) is 11.5 Å². The fraction of sp³-hybridized carbons (Fsp3) is 0. The Labute approximate surface area is 115 Å². The van der Waals surface area contributed by atoms with Gasteiger partial charge in [-0.2, -0.15) is 0 Å². The molecule has 5 nitrogen and oxygen atoms in total. The van der Waals surface area contributed by atoms with Crippen LogP contribution in [0.2, 0.25) is 0 Å². The van der Waals surface area contributed by atoms with Gasteiger partial charge in [-0.25, -0.2) is 9.97 Å². The van der Waals surface area contributed by atoms with E-state index in [1.807, 2.05) is 30.3 Å². The molecule has 0 aliphatic rings. The van der Waals surface area contributed by atoms with E-state index in [0.717, 1.165) is 5.56 Å². The number of rotatable bonds is 3. The van der Waals surface area contributed by atoms with Crippen LogP contribution in [0.25, 0.3) is 11.3 Å². The summed E-state index contributed by atoms with van der Waals surface area (Å²) in [4.78, 5) is 20.3. The van der Waals surface area contributed by atoms with Crippen molar-refractivity contribution in [2.75, 3.05) is 5.32 Å². The maximum atomic E-state index is 12.2. The van der Waals surface area contributed by atoms with Crippen LogP contribution in [0.15, 0.2) is 65.5 Å². The first-order valence-electron chi connectivity index (χ1n) is 6.06. The quantitative estimate of drug-likeness (QED) is 0.790. The number of hydrogen-bond donors (Lipinski definition) is 1. The largest absolute Gasteiger partial charge is 0.438 e. The molecule has 3 rings (SSSR count). The smallest absolute Gasteiger partial charge is 0.294 e. The minimum Gasteiger partial charge on any atom is -0.438 e. The van der Waals surface area contributed by atoms with Gasteiger partial charge in [0.2, 0.25) is 5.76 Å². The lowest BCUT2D eigenvalue weighted by Gasteiger charge is -2.03. The summed E-state index contributed by atoms with van der Waals surface area (Å²) < 4.78 is 5.20. The van der Waals surface area contributed by atoms with Crippen molar-refractivity contribution in [3.63, 3.8) is 0 Å². The molecular weight excluding hydrogens is 254 g/mol. The predicted molar refractivity (Wildman–Crippen MR) is 74.1 cm³/mol. The third kappa shape index (κ3) is 2.42. The molecule has 20 heavy (non-hydrogen) atoms. The summed E-state index contributed by atoms with van der Waals surface area (Å²) in [6.45, 7) is 0. The van der Waals surface area contributed by atoms with Gasteiger partial charge in [0, 0.05) is 11.8 Å². The fourth-order valence-electron chi connectivity index (χ4n) is 1.82. The summed E-state index contributed by atoms with van der Waals surface area (Å²) in [5.41, 5.74) is 1.34. The van der Waals surface area contributed by atoms with Crippen LogP contribution in [0.5, 0.6) is 0 Å². The molecular formula is C15H11N3O2. The molecule has 0 saturated carbocycles. The van der Waals surface area contributed by atoms with Crippen molar-refractivity contribution in [3.8, 4) is 11.3 Å². The van der Waals surface area contributed by atoms with Gasteiger partial charge in [-0.1, -0.05) is 36.4 Å². The van der Waals surface area contributed by atoms with Gasteiger partial charge in [0.1, 0.15) is 11.5 Å². The van der Waals surface area contributed by atoms with Gasteiger partial charge in [0.05, 0.1) is 0 Å². The summed E-state index contributed by atoms with van der Waals surface area (Å²) in [5, 5.41) is 2.67. The van der Waals surface area contributed by atoms with Crippen molar-refractivity contribution in [1.82, 2.24) is 9.97 Å². The molecule has 0 aliphatic carbocycles. The molecule has 98 valence electrons. The van der Waals surface area contributed by atoms with Crippen LogP contribution < -0.4 is 5.32 Å². The summed E-state index contributed by atoms with van der Waals surface area (Å²) in [5.74, 6) is 0.259. The number of carbonyl (C=O) groups excluding carboxylic acids is 1. The Morgan fingerprint density at radius 1 is 1.00 bits per heavy atom. The maximum absolute atomic E-state index is 12.2. The van der Waals surface area contributed by atoms with Crippen LogP contribution in [0.3, 0.4) is 0 Å². The Morgan fingerprint density at radius 2 is 1.80 bits per heavy atom. The number of amides is 1. The van der Waals surface area contributed by atoms with Gasteiger partial charge < -0.3 is 9.73 Å². The number of pyridine rings is 1. The van der Waals surface area contributed by atoms with Crippen LogP contribution in [-0.4, -0.2) is 15.9 Å². The lowest BCUT2D eigenvalue weighted by atomic mass is 10.1. The molecule has 0 spiro atoms. The lowest BCUT2D eigenvalue weighted by Crippen LogP contribution is -2.13. The zero-order chi connectivity index (χ0) is 13.8. The summed E-state index contributed by atoms with van der Waals surface area (Å²) >= 11 is 0. The highest BCUT2D eigenvalue weighted by Crippen LogP contribution is 2.22. The SMILES string of the molecule is O=C(Nc1ccccn1)c1ocnc1-c1ccccc1. The number of hydrogen-bond acceptors (Lipinski definition) is 4. The minimum absolute atomic E-state index is 0.168. The van der Waals surface area contributed by atoms with Gasteiger partial charge in [-0.15, -0.1) is 0 Å². The van der Waals surface area contributed by atoms with Gasteiger partial charge in [-0.3, -0.25) is 4.79 Å². The fourth-order valence-corrected chi connectivity index (χ4v) is 1.82. The first kappa shape index (κ1) is 12.1. The number of anilines is 1. The van der Waals surface area contributed by atoms with Gasteiger partial charge in [-0.05, 0) is 12.1 Å². The topological polar surface area (TPSA) is 68.0 Å². The minimum atomic E-state index is -0.375. The molecule has 0 aliphatic heterocycles. The van der Waals surface area contributed by atoms with E-state index in [-0.39, 0.29) is 11.7 Å². The summed E-state index contributed by atoms with van der Waals surface area (Å²) in [6.07, 6.45) is 2.86. The Bertz CT molecular complexity index is 708. The number of benzene rings is 1. The zero-order valence-corrected chi connectivity index (χ0v) is 10.5. The number of nitrogens with one attached hydrogen (secondary N) is 1. The third-order valence-electron chi connectivity index (χ3n) is 2.73. The molecule has 0 atom stereocenters. The van der Waals surface area contributed by atoms with Gasteiger partial charge in [0.15, 0.2) is 6.39 Å². The molecule has 0 saturated heterocycles. The second-order valence-electron chi connectivity index (χ2n) is 4.07. The number of oxazole rings is 1. The molecule has 0 bridgehead atoms. The monoisotopic (exact) mass is 265 g/mol. The Morgan fingerprint density at radius 3 is 2.55 bits per heavy atom. The predicted octanol–water partition coefficient (Wildman–Crippen LogP) is 2.99. The van der Waals surface area contributed by atoms with E-state index >= 15 is 0 Å². The molecule has 2 heterocycles. The Kier molecular flexibility index (Phi) is 3.24. The standard InChI is InChI=1S/C15H11N3O2/c19-15(18-12-8-4-5-9-16-12)14-13(17-10-20-14)11-6-2-1-3-7-11/h1-10H,(H,16,18,19). The second-order valence-corrected chi connectivity index (χ2v) is 4.07. The summed E-state index contributed by atoms with van der Waals surface area (Å²) in [7, 11) is 0. The molecule has 0 radical (unpaired) electrons. The average molecular weight is 265 g/mol. The van der Waals surface area contributed by atoms with Crippen molar-refractivity contribution < 1.29 is 9.21 Å². The molecule has 5 heteroatoms. The van der Waals surface area contributed by atoms with E-state index in [2.05, 4.69) is 15.3 Å². The van der Waals surface area contributed by atoms with E-state index in [1.165, 1.54) is 6.39 Å². The van der Waals surface area contributed by atoms with Crippen LogP contribution >= 0.6 is 0 Å². The highest BCUT2D eigenvalue weighted by Gasteiger charge is 2.18. The second kappa shape index (κ2) is 5.36. The van der Waals surface area contributed by atoms with E-state index in [1.54, 1.807) is 24.4 Å². The van der Waals surface area contributed by atoms with E-state index < -0.39 is 0 Å². The van der Waals surface area contributed by atoms with Gasteiger partial charge >= 0.3 is 0 Å². The molecule has 1 amide bonds. The number of aromatic nitrogens is 2. The molecule has 1 N–H and O–H groups in total. The van der Waals surface area contributed by atoms with Gasteiger partial charge in [0.25, 0.3) is 5.91 Å². The summed E-state index contributed by atoms with van der Waals surface area (Å²) in [6, 6.07) is 14.7. The van der Waals surface area contributed by atoms with Crippen LogP contribution in [0.4, 0.5) is 5.82 Å². The van der Waals surface area contributed by atoms with Crippen molar-refractivity contribution >= 4 is 11.7 Å². The maximum Gasteiger partial charge on any atom is 0.294 e. The lowest BCUT2D eigenvalue weighted by molar-refractivity contribution is 0.0997. The van der Waals surface area contributed by atoms with Crippen molar-refractivity contribution in [3.05, 3.63) is 66.9 Å². The number of carbonyl (C=O) groups is 1. The van der Waals surface area contributed by atoms with Crippen LogP contribution in [-0.2, 0) is 0 Å². The highest BCUT2D eigenvalue weighted by molar-refractivity contribution is 6.05. The Balaban J connectivity index is 1.88. The molecule has 2 aromatic heterocycles.